The molecule has 0 saturated heterocycles. The van der Waals surface area contributed by atoms with Crippen molar-refractivity contribution in [3.8, 4) is 5.75 Å². The third kappa shape index (κ3) is 3.90. The monoisotopic (exact) mass is 418 g/mol. The van der Waals surface area contributed by atoms with Crippen LogP contribution in [0.5, 0.6) is 5.75 Å². The van der Waals surface area contributed by atoms with Gasteiger partial charge in [-0.1, -0.05) is 24.3 Å². The number of carbonyl (C=O) groups is 1. The number of rotatable bonds is 7. The lowest BCUT2D eigenvalue weighted by molar-refractivity contribution is 0.0939. The van der Waals surface area contributed by atoms with Crippen molar-refractivity contribution in [3.05, 3.63) is 59.7 Å². The topological polar surface area (TPSA) is 117 Å². The largest absolute Gasteiger partial charge is 0.496 e. The van der Waals surface area contributed by atoms with Crippen LogP contribution in [0.4, 0.5) is 5.82 Å². The van der Waals surface area contributed by atoms with Gasteiger partial charge in [-0.15, -0.1) is 0 Å². The van der Waals surface area contributed by atoms with E-state index in [0.29, 0.717) is 41.1 Å². The number of nitrogens with two attached hydrogens (primary N) is 1. The van der Waals surface area contributed by atoms with Crippen LogP contribution >= 0.6 is 0 Å². The van der Waals surface area contributed by atoms with Crippen molar-refractivity contribution in [2.45, 2.75) is 0 Å². The van der Waals surface area contributed by atoms with Crippen LogP contribution in [0.15, 0.2) is 53.6 Å². The van der Waals surface area contributed by atoms with Crippen molar-refractivity contribution in [2.75, 3.05) is 33.1 Å². The third-order valence-electron chi connectivity index (χ3n) is 4.74. The number of fused-ring (bicyclic) bond motifs is 2. The summed E-state index contributed by atoms with van der Waals surface area (Å²) in [6.07, 6.45) is 1.61. The second-order valence-electron chi connectivity index (χ2n) is 6.69. The number of nitrogens with one attached hydrogen (secondary N) is 1. The Morgan fingerprint density at radius 2 is 1.84 bits per heavy atom. The molecule has 4 rings (SSSR count). The molecule has 0 fully saturated rings. The normalized spacial score (nSPS) is 11.4. The van der Waals surface area contributed by atoms with Crippen molar-refractivity contribution >= 4 is 40.1 Å². The summed E-state index contributed by atoms with van der Waals surface area (Å²) in [6.45, 7) is 0.720. The van der Waals surface area contributed by atoms with Crippen molar-refractivity contribution < 1.29 is 14.3 Å². The molecule has 0 bridgehead atoms. The molecule has 0 aliphatic heterocycles. The number of ether oxygens (including phenoxy) is 2. The predicted octanol–water partition coefficient (Wildman–Crippen LogP) is 2.43. The van der Waals surface area contributed by atoms with E-state index in [0.717, 1.165) is 5.56 Å². The zero-order chi connectivity index (χ0) is 21.8. The summed E-state index contributed by atoms with van der Waals surface area (Å²) in [5.41, 5.74) is 9.44. The first-order chi connectivity index (χ1) is 15.1. The molecule has 9 heteroatoms. The number of anilines is 1. The highest BCUT2D eigenvalue weighted by molar-refractivity contribution is 6.10. The van der Waals surface area contributed by atoms with Gasteiger partial charge in [-0.3, -0.25) is 4.79 Å². The maximum atomic E-state index is 12.9. The minimum absolute atomic E-state index is 0.145. The van der Waals surface area contributed by atoms with E-state index < -0.39 is 0 Å². The van der Waals surface area contributed by atoms with Gasteiger partial charge in [-0.05, 0) is 24.3 Å². The van der Waals surface area contributed by atoms with Crippen molar-refractivity contribution in [3.63, 3.8) is 0 Å². The molecule has 0 unspecified atom stereocenters. The smallest absolute Gasteiger partial charge is 0.257 e. The Morgan fingerprint density at radius 1 is 1.13 bits per heavy atom. The molecule has 158 valence electrons. The summed E-state index contributed by atoms with van der Waals surface area (Å²) in [5.74, 6) is 0.442. The number of methoxy groups -OCH3 is 2. The summed E-state index contributed by atoms with van der Waals surface area (Å²) in [7, 11) is 3.16. The minimum atomic E-state index is -0.365. The first kappa shape index (κ1) is 20.3. The molecular formula is C22H22N6O3. The average molecular weight is 418 g/mol. The molecule has 4 aromatic rings. The summed E-state index contributed by atoms with van der Waals surface area (Å²) in [5, 5.41) is 7.29. The van der Waals surface area contributed by atoms with Crippen LogP contribution in [0.3, 0.4) is 0 Å². The standard InChI is InChI=1S/C22H22N6O3/c1-30-12-11-24-22(29)18-19-21(27-16-9-5-4-8-15(16)26-19)28(20(18)23)25-13-14-7-3-6-10-17(14)31-2/h3-10,13H,11-12,23H2,1-2H3,(H,24,29)/b25-13-. The molecular weight excluding hydrogens is 396 g/mol. The van der Waals surface area contributed by atoms with Gasteiger partial charge >= 0.3 is 0 Å². The first-order valence-corrected chi connectivity index (χ1v) is 9.65. The van der Waals surface area contributed by atoms with Crippen LogP contribution in [0.2, 0.25) is 0 Å². The molecule has 2 aromatic carbocycles. The van der Waals surface area contributed by atoms with Crippen LogP contribution in [-0.4, -0.2) is 54.1 Å². The molecule has 9 nitrogen and oxygen atoms in total. The highest BCUT2D eigenvalue weighted by Crippen LogP contribution is 2.28. The molecule has 0 aliphatic carbocycles. The van der Waals surface area contributed by atoms with Crippen LogP contribution < -0.4 is 15.8 Å². The lowest BCUT2D eigenvalue weighted by Gasteiger charge is -2.05. The fourth-order valence-corrected chi connectivity index (χ4v) is 3.24. The van der Waals surface area contributed by atoms with E-state index in [1.807, 2.05) is 48.5 Å². The van der Waals surface area contributed by atoms with Gasteiger partial charge in [0, 0.05) is 19.2 Å². The van der Waals surface area contributed by atoms with Gasteiger partial charge in [0.1, 0.15) is 22.6 Å². The van der Waals surface area contributed by atoms with Gasteiger partial charge in [-0.25, -0.2) is 9.97 Å². The molecule has 0 saturated carbocycles. The highest BCUT2D eigenvalue weighted by atomic mass is 16.5. The van der Waals surface area contributed by atoms with E-state index in [4.69, 9.17) is 15.2 Å². The fourth-order valence-electron chi connectivity index (χ4n) is 3.24. The molecule has 0 aliphatic rings. The van der Waals surface area contributed by atoms with E-state index in [9.17, 15) is 4.79 Å². The molecule has 0 spiro atoms. The summed E-state index contributed by atoms with van der Waals surface area (Å²) >= 11 is 0. The second-order valence-corrected chi connectivity index (χ2v) is 6.69. The quantitative estimate of drug-likeness (QED) is 0.352. The maximum Gasteiger partial charge on any atom is 0.257 e. The fraction of sp³-hybridized carbons (Fsp3) is 0.182. The number of hydrogen-bond acceptors (Lipinski definition) is 7. The Balaban J connectivity index is 1.87. The first-order valence-electron chi connectivity index (χ1n) is 9.65. The summed E-state index contributed by atoms with van der Waals surface area (Å²) < 4.78 is 11.8. The molecule has 31 heavy (non-hydrogen) atoms. The lowest BCUT2D eigenvalue weighted by Crippen LogP contribution is -2.27. The van der Waals surface area contributed by atoms with Crippen LogP contribution in [-0.2, 0) is 4.74 Å². The average Bonchev–Trinajstić information content (AvgIpc) is 3.06. The molecule has 0 atom stereocenters. The Morgan fingerprint density at radius 3 is 2.58 bits per heavy atom. The Kier molecular flexibility index (Phi) is 5.76. The second kappa shape index (κ2) is 8.80. The Labute approximate surface area is 178 Å². The molecule has 2 heterocycles. The number of nitrogens with zero attached hydrogens (tertiary/aromatic N) is 4. The third-order valence-corrected chi connectivity index (χ3v) is 4.74. The van der Waals surface area contributed by atoms with Gasteiger partial charge in [0.25, 0.3) is 5.91 Å². The van der Waals surface area contributed by atoms with Crippen molar-refractivity contribution in [1.29, 1.82) is 0 Å². The summed E-state index contributed by atoms with van der Waals surface area (Å²) in [4.78, 5) is 22.2. The predicted molar refractivity (Wildman–Crippen MR) is 120 cm³/mol. The maximum absolute atomic E-state index is 12.9. The highest BCUT2D eigenvalue weighted by Gasteiger charge is 2.23. The molecule has 2 aromatic heterocycles. The number of nitrogen functional groups attached to an aromatic ring is 1. The van der Waals surface area contributed by atoms with Crippen LogP contribution in [0.25, 0.3) is 22.2 Å². The Bertz CT molecular complexity index is 1280. The molecule has 3 N–H and O–H groups in total. The number of amides is 1. The SMILES string of the molecule is COCCNC(=O)c1c(N)n(/N=C\c2ccccc2OC)c2nc3ccccc3nc12. The van der Waals surface area contributed by atoms with Crippen molar-refractivity contribution in [2.24, 2.45) is 5.10 Å². The van der Waals surface area contributed by atoms with Gasteiger partial charge in [0.05, 0.1) is 31.0 Å². The van der Waals surface area contributed by atoms with E-state index in [2.05, 4.69) is 20.4 Å². The number of aromatic nitrogens is 3. The summed E-state index contributed by atoms with van der Waals surface area (Å²) in [6, 6.07) is 14.9. The van der Waals surface area contributed by atoms with E-state index in [1.165, 1.54) is 4.68 Å². The molecule has 1 amide bonds. The van der Waals surface area contributed by atoms with Gasteiger partial charge in [0.2, 0.25) is 0 Å². The zero-order valence-electron chi connectivity index (χ0n) is 17.2. The Hall–Kier alpha value is -3.98. The molecule has 0 radical (unpaired) electrons. The number of hydrogen-bond donors (Lipinski definition) is 2. The number of carbonyl (C=O) groups excluding carboxylic acids is 1. The van der Waals surface area contributed by atoms with E-state index >= 15 is 0 Å². The van der Waals surface area contributed by atoms with Crippen LogP contribution in [0, 0.1) is 0 Å². The van der Waals surface area contributed by atoms with Crippen molar-refractivity contribution in [1.82, 2.24) is 20.0 Å². The van der Waals surface area contributed by atoms with E-state index in [1.54, 1.807) is 20.4 Å². The zero-order valence-corrected chi connectivity index (χ0v) is 17.2. The van der Waals surface area contributed by atoms with Gasteiger partial charge < -0.3 is 20.5 Å². The van der Waals surface area contributed by atoms with E-state index in [-0.39, 0.29) is 17.3 Å². The minimum Gasteiger partial charge on any atom is -0.496 e. The van der Waals surface area contributed by atoms with Gasteiger partial charge in [-0.2, -0.15) is 9.78 Å². The van der Waals surface area contributed by atoms with Gasteiger partial charge in [0.15, 0.2) is 5.65 Å². The number of para-hydroxylation sites is 3. The lowest BCUT2D eigenvalue weighted by atomic mass is 10.2. The van der Waals surface area contributed by atoms with Crippen LogP contribution in [0.1, 0.15) is 15.9 Å². The number of benzene rings is 2.